The zero-order valence-electron chi connectivity index (χ0n) is 14.0. The van der Waals surface area contributed by atoms with Gasteiger partial charge >= 0.3 is 0 Å². The first kappa shape index (κ1) is 16.3. The molecule has 0 saturated carbocycles. The van der Waals surface area contributed by atoms with Gasteiger partial charge in [0.2, 0.25) is 0 Å². The van der Waals surface area contributed by atoms with E-state index in [9.17, 15) is 14.5 Å². The van der Waals surface area contributed by atoms with Crippen molar-refractivity contribution in [2.45, 2.75) is 18.6 Å². The van der Waals surface area contributed by atoms with E-state index in [1.54, 1.807) is 7.11 Å². The molecule has 0 saturated heterocycles. The topological polar surface area (TPSA) is 61.6 Å². The monoisotopic (exact) mass is 353 g/mol. The molecule has 0 fully saturated rings. The predicted molar refractivity (Wildman–Crippen MR) is 94.8 cm³/mol. The van der Waals surface area contributed by atoms with Crippen molar-refractivity contribution >= 4 is 10.8 Å². The lowest BCUT2D eigenvalue weighted by molar-refractivity contribution is -0.535. The molecule has 26 heavy (non-hydrogen) atoms. The third kappa shape index (κ3) is 2.73. The first-order valence-corrected chi connectivity index (χ1v) is 8.22. The molecular weight excluding hydrogens is 337 g/mol. The second kappa shape index (κ2) is 6.29. The minimum Gasteiger partial charge on any atom is -0.497 e. The number of ether oxygens (including phenoxy) is 2. The van der Waals surface area contributed by atoms with E-state index < -0.39 is 12.1 Å². The molecule has 5 nitrogen and oxygen atoms in total. The number of rotatable bonds is 3. The lowest BCUT2D eigenvalue weighted by Gasteiger charge is -2.29. The van der Waals surface area contributed by atoms with Crippen molar-refractivity contribution in [2.75, 3.05) is 7.11 Å². The summed E-state index contributed by atoms with van der Waals surface area (Å²) in [6, 6.07) is 14.1. The average molecular weight is 353 g/mol. The lowest BCUT2D eigenvalue weighted by atomic mass is 9.90. The molecule has 0 aliphatic carbocycles. The molecule has 4 rings (SSSR count). The van der Waals surface area contributed by atoms with Gasteiger partial charge in [-0.3, -0.25) is 10.1 Å². The number of hydrogen-bond donors (Lipinski definition) is 0. The number of benzene rings is 3. The van der Waals surface area contributed by atoms with Crippen molar-refractivity contribution < 1.29 is 18.8 Å². The second-order valence-electron chi connectivity index (χ2n) is 6.28. The summed E-state index contributed by atoms with van der Waals surface area (Å²) in [6.07, 6.45) is -0.532. The normalized spacial score (nSPS) is 18.8. The van der Waals surface area contributed by atoms with Crippen LogP contribution in [0.1, 0.15) is 17.2 Å². The number of nitrogens with zero attached hydrogens (tertiary/aromatic N) is 1. The predicted octanol–water partition coefficient (Wildman–Crippen LogP) is 4.31. The van der Waals surface area contributed by atoms with E-state index >= 15 is 0 Å². The van der Waals surface area contributed by atoms with Crippen molar-refractivity contribution in [1.29, 1.82) is 0 Å². The summed E-state index contributed by atoms with van der Waals surface area (Å²) in [4.78, 5) is 11.4. The summed E-state index contributed by atoms with van der Waals surface area (Å²) in [6.45, 7) is 0. The van der Waals surface area contributed by atoms with Crippen LogP contribution >= 0.6 is 0 Å². The fraction of sp³-hybridized carbons (Fsp3) is 0.200. The van der Waals surface area contributed by atoms with Crippen LogP contribution in [0.3, 0.4) is 0 Å². The maximum absolute atomic E-state index is 13.2. The van der Waals surface area contributed by atoms with Gasteiger partial charge in [-0.2, -0.15) is 0 Å². The molecule has 1 aliphatic heterocycles. The second-order valence-corrected chi connectivity index (χ2v) is 6.28. The summed E-state index contributed by atoms with van der Waals surface area (Å²) in [5, 5.41) is 13.5. The number of halogens is 1. The van der Waals surface area contributed by atoms with Crippen LogP contribution in [-0.2, 0) is 6.42 Å². The Balaban J connectivity index is 1.83. The van der Waals surface area contributed by atoms with E-state index in [4.69, 9.17) is 9.47 Å². The third-order valence-corrected chi connectivity index (χ3v) is 4.78. The summed E-state index contributed by atoms with van der Waals surface area (Å²) < 4.78 is 24.5. The van der Waals surface area contributed by atoms with E-state index in [0.717, 1.165) is 16.3 Å². The molecule has 6 heteroatoms. The molecule has 0 bridgehead atoms. The van der Waals surface area contributed by atoms with E-state index in [2.05, 4.69) is 0 Å². The fourth-order valence-corrected chi connectivity index (χ4v) is 3.45. The lowest BCUT2D eigenvalue weighted by Crippen LogP contribution is -2.36. The minimum atomic E-state index is -0.954. The van der Waals surface area contributed by atoms with Crippen molar-refractivity contribution in [3.63, 3.8) is 0 Å². The highest BCUT2D eigenvalue weighted by Gasteiger charge is 2.40. The van der Waals surface area contributed by atoms with Crippen molar-refractivity contribution in [3.8, 4) is 11.5 Å². The summed E-state index contributed by atoms with van der Waals surface area (Å²) in [5.74, 6) is 0.906. The Labute approximate surface area is 149 Å². The first-order valence-electron chi connectivity index (χ1n) is 8.22. The zero-order chi connectivity index (χ0) is 18.3. The highest BCUT2D eigenvalue weighted by molar-refractivity contribution is 5.89. The summed E-state index contributed by atoms with van der Waals surface area (Å²) in [5.41, 5.74) is 1.38. The average Bonchev–Trinajstić information content (AvgIpc) is 2.66. The van der Waals surface area contributed by atoms with Gasteiger partial charge < -0.3 is 9.47 Å². The van der Waals surface area contributed by atoms with Gasteiger partial charge in [0.1, 0.15) is 17.3 Å². The molecular formula is C20H16FNO4. The van der Waals surface area contributed by atoms with Crippen LogP contribution in [0.15, 0.2) is 54.6 Å². The van der Waals surface area contributed by atoms with Gasteiger partial charge in [0.05, 0.1) is 7.11 Å². The van der Waals surface area contributed by atoms with Crippen LogP contribution in [0.25, 0.3) is 10.8 Å². The Morgan fingerprint density at radius 1 is 1.15 bits per heavy atom. The molecule has 0 radical (unpaired) electrons. The van der Waals surface area contributed by atoms with Crippen LogP contribution in [0.2, 0.25) is 0 Å². The highest BCUT2D eigenvalue weighted by Crippen LogP contribution is 2.40. The zero-order valence-corrected chi connectivity index (χ0v) is 14.0. The maximum atomic E-state index is 13.2. The molecule has 1 aliphatic rings. The van der Waals surface area contributed by atoms with Gasteiger partial charge in [0.25, 0.3) is 6.04 Å². The van der Waals surface area contributed by atoms with Crippen LogP contribution in [0.5, 0.6) is 11.5 Å². The largest absolute Gasteiger partial charge is 0.497 e. The number of methoxy groups -OCH3 is 1. The van der Waals surface area contributed by atoms with E-state index in [0.29, 0.717) is 17.1 Å². The molecule has 132 valence electrons. The third-order valence-electron chi connectivity index (χ3n) is 4.78. The Hall–Kier alpha value is -3.15. The Bertz CT molecular complexity index is 987. The molecule has 0 amide bonds. The van der Waals surface area contributed by atoms with Crippen LogP contribution in [0, 0.1) is 15.9 Å². The molecule has 0 aromatic heterocycles. The molecule has 0 N–H and O–H groups in total. The SMILES string of the molecule is COc1ccc2ccc3c(c2c1)CC([N+](=O)[O-])C(c1ccc(F)cc1)O3. The van der Waals surface area contributed by atoms with Gasteiger partial charge in [0, 0.05) is 16.9 Å². The van der Waals surface area contributed by atoms with Crippen molar-refractivity contribution in [1.82, 2.24) is 0 Å². The van der Waals surface area contributed by atoms with Crippen LogP contribution in [0.4, 0.5) is 4.39 Å². The molecule has 2 atom stereocenters. The van der Waals surface area contributed by atoms with E-state index in [1.807, 2.05) is 30.3 Å². The summed E-state index contributed by atoms with van der Waals surface area (Å²) in [7, 11) is 1.58. The van der Waals surface area contributed by atoms with Gasteiger partial charge in [-0.25, -0.2) is 4.39 Å². The van der Waals surface area contributed by atoms with Gasteiger partial charge in [-0.15, -0.1) is 0 Å². The summed E-state index contributed by atoms with van der Waals surface area (Å²) >= 11 is 0. The smallest absolute Gasteiger partial charge is 0.257 e. The Kier molecular flexibility index (Phi) is 3.95. The van der Waals surface area contributed by atoms with Crippen LogP contribution in [-0.4, -0.2) is 18.1 Å². The molecule has 1 heterocycles. The van der Waals surface area contributed by atoms with Gasteiger partial charge in [0.15, 0.2) is 6.10 Å². The Morgan fingerprint density at radius 2 is 1.88 bits per heavy atom. The van der Waals surface area contributed by atoms with Crippen molar-refractivity contribution in [2.24, 2.45) is 0 Å². The minimum absolute atomic E-state index is 0.231. The van der Waals surface area contributed by atoms with Crippen LogP contribution < -0.4 is 9.47 Å². The number of nitro groups is 1. The van der Waals surface area contributed by atoms with E-state index in [1.165, 1.54) is 24.3 Å². The molecule has 2 unspecified atom stereocenters. The maximum Gasteiger partial charge on any atom is 0.257 e. The standard InChI is InChI=1S/C20H16FNO4/c1-25-15-8-4-12-5-9-19-17(16(12)10-15)11-18(22(23)24)20(26-19)13-2-6-14(21)7-3-13/h2-10,18,20H,11H2,1H3. The van der Waals surface area contributed by atoms with E-state index in [-0.39, 0.29) is 17.2 Å². The molecule has 0 spiro atoms. The Morgan fingerprint density at radius 3 is 2.58 bits per heavy atom. The van der Waals surface area contributed by atoms with Gasteiger partial charge in [-0.1, -0.05) is 24.3 Å². The highest BCUT2D eigenvalue weighted by atomic mass is 19.1. The fourth-order valence-electron chi connectivity index (χ4n) is 3.45. The van der Waals surface area contributed by atoms with Crippen molar-refractivity contribution in [3.05, 3.63) is 81.7 Å². The molecule has 3 aromatic rings. The van der Waals surface area contributed by atoms with Gasteiger partial charge in [-0.05, 0) is 46.7 Å². The quantitative estimate of drug-likeness (QED) is 0.520. The number of fused-ring (bicyclic) bond motifs is 3. The molecule has 3 aromatic carbocycles. The first-order chi connectivity index (χ1) is 12.6. The number of hydrogen-bond acceptors (Lipinski definition) is 4.